The molecule has 208 valence electrons. The fourth-order valence-electron chi connectivity index (χ4n) is 4.19. The van der Waals surface area contributed by atoms with E-state index in [0.29, 0.717) is 37.4 Å². The van der Waals surface area contributed by atoms with Gasteiger partial charge in [-0.3, -0.25) is 9.69 Å². The average molecular weight is 590 g/mol. The van der Waals surface area contributed by atoms with E-state index in [0.717, 1.165) is 12.8 Å². The van der Waals surface area contributed by atoms with Crippen LogP contribution in [0.2, 0.25) is 0 Å². The fraction of sp³-hybridized carbons (Fsp3) is 0.250. The lowest BCUT2D eigenvalue weighted by atomic mass is 10.2. The Labute approximate surface area is 236 Å². The largest absolute Gasteiger partial charge is 0.312 e. The zero-order chi connectivity index (χ0) is 27.3. The van der Waals surface area contributed by atoms with Crippen LogP contribution in [0.4, 0.5) is 5.69 Å². The number of sulfone groups is 1. The van der Waals surface area contributed by atoms with Gasteiger partial charge in [-0.25, -0.2) is 16.8 Å². The maximum atomic E-state index is 13.2. The van der Waals surface area contributed by atoms with Gasteiger partial charge in [0.2, 0.25) is 10.0 Å². The minimum atomic E-state index is -3.63. The fourth-order valence-corrected chi connectivity index (χ4v) is 6.25. The molecule has 11 heteroatoms. The number of carbonyl (C=O) groups is 1. The number of nitrogens with zero attached hydrogens (tertiary/aromatic N) is 3. The summed E-state index contributed by atoms with van der Waals surface area (Å²) in [6, 6.07) is 22.6. The van der Waals surface area contributed by atoms with E-state index in [1.54, 1.807) is 37.4 Å². The normalized spacial score (nSPS) is 15.1. The molecule has 0 unspecified atom stereocenters. The maximum absolute atomic E-state index is 13.2. The molecule has 0 aromatic heterocycles. The second kappa shape index (κ2) is 12.9. The SMILES string of the molecule is CN(C(=O)C=Cc1ccc(S(C)(=O)=O)cc1)c1ccc(S(=O)(=O)N2CCN(Cc3ccccc3)CC2)cc1.Cl. The smallest absolute Gasteiger partial charge is 0.250 e. The molecule has 0 spiro atoms. The second-order valence-corrected chi connectivity index (χ2v) is 13.2. The first-order valence-electron chi connectivity index (χ1n) is 12.2. The number of hydrogen-bond donors (Lipinski definition) is 0. The van der Waals surface area contributed by atoms with Crippen LogP contribution in [0.5, 0.6) is 0 Å². The molecule has 1 heterocycles. The summed E-state index contributed by atoms with van der Waals surface area (Å²) in [7, 11) is -5.31. The van der Waals surface area contributed by atoms with Crippen LogP contribution in [0.3, 0.4) is 0 Å². The van der Waals surface area contributed by atoms with Crippen molar-refractivity contribution in [3.63, 3.8) is 0 Å². The van der Waals surface area contributed by atoms with Crippen molar-refractivity contribution in [3.05, 3.63) is 96.1 Å². The van der Waals surface area contributed by atoms with Gasteiger partial charge in [0.15, 0.2) is 9.84 Å². The van der Waals surface area contributed by atoms with Crippen molar-refractivity contribution in [2.24, 2.45) is 0 Å². The minimum absolute atomic E-state index is 0. The van der Waals surface area contributed by atoms with E-state index in [1.165, 1.54) is 45.1 Å². The zero-order valence-electron chi connectivity index (χ0n) is 21.8. The summed E-state index contributed by atoms with van der Waals surface area (Å²) >= 11 is 0. The number of hydrogen-bond acceptors (Lipinski definition) is 6. The van der Waals surface area contributed by atoms with Gasteiger partial charge in [-0.2, -0.15) is 4.31 Å². The van der Waals surface area contributed by atoms with Crippen LogP contribution in [0.15, 0.2) is 94.7 Å². The molecular formula is C28H32ClN3O5S2. The van der Waals surface area contributed by atoms with E-state index in [1.807, 2.05) is 18.2 Å². The van der Waals surface area contributed by atoms with Crippen LogP contribution in [0, 0.1) is 0 Å². The summed E-state index contributed by atoms with van der Waals surface area (Å²) < 4.78 is 51.1. The summed E-state index contributed by atoms with van der Waals surface area (Å²) in [6.07, 6.45) is 4.12. The van der Waals surface area contributed by atoms with Crippen LogP contribution in [0.1, 0.15) is 11.1 Å². The number of piperazine rings is 1. The van der Waals surface area contributed by atoms with Crippen LogP contribution < -0.4 is 4.90 Å². The lowest BCUT2D eigenvalue weighted by molar-refractivity contribution is -0.113. The first-order valence-corrected chi connectivity index (χ1v) is 15.5. The number of benzene rings is 3. The standard InChI is InChI=1S/C28H31N3O5S2.ClH/c1-29(28(32)17-10-23-8-13-26(14-9-23)37(2,33)34)25-11-15-27(16-12-25)38(35,36)31-20-18-30(19-21-31)22-24-6-4-3-5-7-24;/h3-17H,18-22H2,1-2H3;1H. The van der Waals surface area contributed by atoms with Crippen molar-refractivity contribution < 1.29 is 21.6 Å². The maximum Gasteiger partial charge on any atom is 0.250 e. The van der Waals surface area contributed by atoms with Crippen molar-refractivity contribution >= 4 is 49.9 Å². The molecule has 1 aliphatic heterocycles. The molecule has 3 aromatic carbocycles. The molecule has 0 radical (unpaired) electrons. The van der Waals surface area contributed by atoms with Crippen molar-refractivity contribution in [1.82, 2.24) is 9.21 Å². The minimum Gasteiger partial charge on any atom is -0.312 e. The van der Waals surface area contributed by atoms with Gasteiger partial charge in [-0.1, -0.05) is 42.5 Å². The average Bonchev–Trinajstić information content (AvgIpc) is 2.92. The Hall–Kier alpha value is -3.02. The topological polar surface area (TPSA) is 95.1 Å². The summed E-state index contributed by atoms with van der Waals surface area (Å²) in [5, 5.41) is 0. The Kier molecular flexibility index (Phi) is 10.1. The summed E-state index contributed by atoms with van der Waals surface area (Å²) in [5.74, 6) is -0.303. The Morgan fingerprint density at radius 2 is 1.38 bits per heavy atom. The van der Waals surface area contributed by atoms with Gasteiger partial charge in [0.25, 0.3) is 5.91 Å². The number of anilines is 1. The molecule has 1 fully saturated rings. The highest BCUT2D eigenvalue weighted by atomic mass is 35.5. The zero-order valence-corrected chi connectivity index (χ0v) is 24.3. The summed E-state index contributed by atoms with van der Waals surface area (Å²) in [4.78, 5) is 16.7. The molecule has 1 amide bonds. The van der Waals surface area contributed by atoms with E-state index in [2.05, 4.69) is 17.0 Å². The van der Waals surface area contributed by atoms with Gasteiger partial charge in [0.1, 0.15) is 0 Å². The molecule has 0 saturated carbocycles. The number of amides is 1. The molecule has 0 N–H and O–H groups in total. The quantitative estimate of drug-likeness (QED) is 0.372. The van der Waals surface area contributed by atoms with Crippen molar-refractivity contribution in [1.29, 1.82) is 0 Å². The number of likely N-dealkylation sites (N-methyl/N-ethyl adjacent to an activating group) is 1. The number of sulfonamides is 1. The summed E-state index contributed by atoms with van der Waals surface area (Å²) in [6.45, 7) is 2.96. The predicted molar refractivity (Wildman–Crippen MR) is 156 cm³/mol. The van der Waals surface area contributed by atoms with Gasteiger partial charge in [0, 0.05) is 57.8 Å². The van der Waals surface area contributed by atoms with Crippen molar-refractivity contribution in [2.45, 2.75) is 16.3 Å². The second-order valence-electron chi connectivity index (χ2n) is 9.23. The summed E-state index contributed by atoms with van der Waals surface area (Å²) in [5.41, 5.74) is 2.45. The highest BCUT2D eigenvalue weighted by Crippen LogP contribution is 2.22. The molecule has 39 heavy (non-hydrogen) atoms. The lowest BCUT2D eigenvalue weighted by Gasteiger charge is -2.34. The van der Waals surface area contributed by atoms with E-state index < -0.39 is 19.9 Å². The molecule has 4 rings (SSSR count). The van der Waals surface area contributed by atoms with Gasteiger partial charge in [0.05, 0.1) is 9.79 Å². The molecule has 0 atom stereocenters. The highest BCUT2D eigenvalue weighted by Gasteiger charge is 2.28. The van der Waals surface area contributed by atoms with Gasteiger partial charge >= 0.3 is 0 Å². The van der Waals surface area contributed by atoms with E-state index in [-0.39, 0.29) is 28.1 Å². The van der Waals surface area contributed by atoms with Crippen LogP contribution in [0.25, 0.3) is 6.08 Å². The van der Waals surface area contributed by atoms with Gasteiger partial charge in [-0.15, -0.1) is 12.4 Å². The number of halogens is 1. The Bertz CT molecular complexity index is 1500. The first-order chi connectivity index (χ1) is 18.0. The Balaban J connectivity index is 0.00000420. The van der Waals surface area contributed by atoms with Crippen molar-refractivity contribution in [2.75, 3.05) is 44.4 Å². The molecule has 1 saturated heterocycles. The van der Waals surface area contributed by atoms with E-state index in [9.17, 15) is 21.6 Å². The van der Waals surface area contributed by atoms with Crippen LogP contribution in [-0.4, -0.2) is 71.4 Å². The van der Waals surface area contributed by atoms with Crippen molar-refractivity contribution in [3.8, 4) is 0 Å². The Morgan fingerprint density at radius 1 is 0.821 bits per heavy atom. The number of rotatable bonds is 8. The van der Waals surface area contributed by atoms with Gasteiger partial charge in [-0.05, 0) is 53.6 Å². The Morgan fingerprint density at radius 3 is 1.95 bits per heavy atom. The third kappa shape index (κ3) is 7.77. The van der Waals surface area contributed by atoms with Crippen LogP contribution >= 0.6 is 12.4 Å². The lowest BCUT2D eigenvalue weighted by Crippen LogP contribution is -2.48. The predicted octanol–water partition coefficient (Wildman–Crippen LogP) is 3.69. The third-order valence-corrected chi connectivity index (χ3v) is 9.54. The van der Waals surface area contributed by atoms with E-state index >= 15 is 0 Å². The molecule has 0 aliphatic carbocycles. The molecular weight excluding hydrogens is 558 g/mol. The monoisotopic (exact) mass is 589 g/mol. The van der Waals surface area contributed by atoms with Gasteiger partial charge < -0.3 is 4.90 Å². The highest BCUT2D eigenvalue weighted by molar-refractivity contribution is 7.90. The van der Waals surface area contributed by atoms with Crippen LogP contribution in [-0.2, 0) is 31.2 Å². The molecule has 3 aromatic rings. The number of carbonyl (C=O) groups excluding carboxylic acids is 1. The molecule has 1 aliphatic rings. The first kappa shape index (κ1) is 30.5. The third-order valence-electron chi connectivity index (χ3n) is 6.50. The van der Waals surface area contributed by atoms with E-state index in [4.69, 9.17) is 0 Å². The molecule has 0 bridgehead atoms. The molecule has 8 nitrogen and oxygen atoms in total.